The molecule has 0 amide bonds. The van der Waals surface area contributed by atoms with Crippen LogP contribution in [0.5, 0.6) is 0 Å². The Hall–Kier alpha value is -1.41. The van der Waals surface area contributed by atoms with Crippen molar-refractivity contribution in [1.82, 2.24) is 14.5 Å². The molecule has 1 heterocycles. The largest absolute Gasteiger partial charge is 0.480 e. The van der Waals surface area contributed by atoms with Gasteiger partial charge in [0.15, 0.2) is 0 Å². The van der Waals surface area contributed by atoms with E-state index in [0.717, 1.165) is 23.7 Å². The quantitative estimate of drug-likeness (QED) is 0.762. The maximum absolute atomic E-state index is 11.9. The molecule has 0 bridgehead atoms. The molecule has 0 atom stereocenters. The first kappa shape index (κ1) is 12.1. The second kappa shape index (κ2) is 3.81. The fraction of sp³-hybridized carbons (Fsp3) is 0.556. The summed E-state index contributed by atoms with van der Waals surface area (Å²) in [6.45, 7) is 1.47. The summed E-state index contributed by atoms with van der Waals surface area (Å²) in [6.07, 6.45) is 3.99. The molecule has 17 heavy (non-hydrogen) atoms. The molecule has 0 aromatic carbocycles. The van der Waals surface area contributed by atoms with Gasteiger partial charge in [-0.1, -0.05) is 0 Å². The number of hydrogen-bond donors (Lipinski definition) is 2. The van der Waals surface area contributed by atoms with Gasteiger partial charge in [-0.25, -0.2) is 13.1 Å². The van der Waals surface area contributed by atoms with Gasteiger partial charge in [0.25, 0.3) is 0 Å². The first-order valence-corrected chi connectivity index (χ1v) is 6.57. The van der Waals surface area contributed by atoms with Crippen molar-refractivity contribution in [2.45, 2.75) is 36.7 Å². The summed E-state index contributed by atoms with van der Waals surface area (Å²) < 4.78 is 27.4. The summed E-state index contributed by atoms with van der Waals surface area (Å²) in [4.78, 5) is 10.4. The number of rotatable bonds is 5. The van der Waals surface area contributed by atoms with Gasteiger partial charge in [0.1, 0.15) is 11.4 Å². The Morgan fingerprint density at radius 3 is 2.82 bits per heavy atom. The van der Waals surface area contributed by atoms with Crippen LogP contribution in [0.25, 0.3) is 0 Å². The highest BCUT2D eigenvalue weighted by atomic mass is 32.2. The molecule has 0 spiro atoms. The fourth-order valence-corrected chi connectivity index (χ4v) is 2.80. The van der Waals surface area contributed by atoms with Crippen LogP contribution in [0.15, 0.2) is 17.3 Å². The molecule has 0 saturated heterocycles. The number of carboxylic acid groups (broad SMARTS) is 1. The molecule has 0 unspecified atom stereocenters. The van der Waals surface area contributed by atoms with Gasteiger partial charge < -0.3 is 5.11 Å². The summed E-state index contributed by atoms with van der Waals surface area (Å²) >= 11 is 0. The average molecular weight is 259 g/mol. The van der Waals surface area contributed by atoms with Crippen molar-refractivity contribution >= 4 is 16.0 Å². The minimum atomic E-state index is -3.60. The number of aromatic nitrogens is 2. The van der Waals surface area contributed by atoms with Crippen LogP contribution in [0.4, 0.5) is 0 Å². The molecule has 2 rings (SSSR count). The van der Waals surface area contributed by atoms with Crippen molar-refractivity contribution in [2.24, 2.45) is 0 Å². The molecule has 0 aliphatic heterocycles. The number of sulfonamides is 1. The summed E-state index contributed by atoms with van der Waals surface area (Å²) in [7, 11) is -3.60. The molecule has 1 fully saturated rings. The van der Waals surface area contributed by atoms with Crippen molar-refractivity contribution in [1.29, 1.82) is 0 Å². The van der Waals surface area contributed by atoms with Gasteiger partial charge >= 0.3 is 5.97 Å². The van der Waals surface area contributed by atoms with E-state index < -0.39 is 16.0 Å². The summed E-state index contributed by atoms with van der Waals surface area (Å²) in [6, 6.07) is 0. The van der Waals surface area contributed by atoms with Gasteiger partial charge in [-0.2, -0.15) is 5.10 Å². The van der Waals surface area contributed by atoms with Crippen molar-refractivity contribution in [3.63, 3.8) is 0 Å². The van der Waals surface area contributed by atoms with E-state index in [1.54, 1.807) is 0 Å². The van der Waals surface area contributed by atoms with Crippen LogP contribution >= 0.6 is 0 Å². The van der Waals surface area contributed by atoms with Crippen LogP contribution in [0.2, 0.25) is 0 Å². The van der Waals surface area contributed by atoms with Crippen molar-refractivity contribution in [3.05, 3.63) is 12.4 Å². The number of hydrogen-bond acceptors (Lipinski definition) is 4. The Labute approximate surface area is 98.5 Å². The molecule has 1 aliphatic carbocycles. The monoisotopic (exact) mass is 259 g/mol. The van der Waals surface area contributed by atoms with E-state index in [4.69, 9.17) is 5.11 Å². The Kier molecular flexibility index (Phi) is 2.70. The number of aliphatic carboxylic acids is 1. The van der Waals surface area contributed by atoms with Gasteiger partial charge in [-0.15, -0.1) is 0 Å². The van der Waals surface area contributed by atoms with E-state index >= 15 is 0 Å². The average Bonchev–Trinajstić information content (AvgIpc) is 2.72. The van der Waals surface area contributed by atoms with Crippen molar-refractivity contribution in [3.8, 4) is 0 Å². The lowest BCUT2D eigenvalue weighted by Gasteiger charge is -2.10. The van der Waals surface area contributed by atoms with Crippen molar-refractivity contribution < 1.29 is 18.3 Å². The highest BCUT2D eigenvalue weighted by Gasteiger charge is 2.41. The minimum absolute atomic E-state index is 0.00752. The van der Waals surface area contributed by atoms with Crippen LogP contribution in [-0.2, 0) is 21.4 Å². The Balaban J connectivity index is 2.16. The van der Waals surface area contributed by atoms with Crippen LogP contribution in [-0.4, -0.2) is 34.8 Å². The van der Waals surface area contributed by atoms with Crippen LogP contribution in [0, 0.1) is 0 Å². The zero-order valence-electron chi connectivity index (χ0n) is 9.25. The number of carbonyl (C=O) groups is 1. The van der Waals surface area contributed by atoms with Gasteiger partial charge in [-0.05, 0) is 19.8 Å². The first-order valence-electron chi connectivity index (χ1n) is 5.09. The summed E-state index contributed by atoms with van der Waals surface area (Å²) in [5, 5.41) is 12.2. The third-order valence-electron chi connectivity index (χ3n) is 2.60. The predicted molar refractivity (Wildman–Crippen MR) is 57.8 cm³/mol. The van der Waals surface area contributed by atoms with E-state index in [1.165, 1.54) is 6.20 Å². The van der Waals surface area contributed by atoms with E-state index in [1.807, 2.05) is 6.92 Å². The summed E-state index contributed by atoms with van der Waals surface area (Å²) in [5.74, 6) is -1.07. The second-order valence-corrected chi connectivity index (χ2v) is 6.12. The lowest BCUT2D eigenvalue weighted by atomic mass is 10.4. The fourth-order valence-electron chi connectivity index (χ4n) is 1.38. The number of nitrogens with zero attached hydrogens (tertiary/aromatic N) is 2. The molecule has 1 saturated carbocycles. The highest BCUT2D eigenvalue weighted by Crippen LogP contribution is 2.35. The van der Waals surface area contributed by atoms with Crippen molar-refractivity contribution in [2.75, 3.05) is 0 Å². The maximum Gasteiger partial charge on any atom is 0.325 e. The predicted octanol–water partition coefficient (Wildman–Crippen LogP) is -0.202. The van der Waals surface area contributed by atoms with E-state index in [9.17, 15) is 13.2 Å². The highest BCUT2D eigenvalue weighted by molar-refractivity contribution is 7.89. The second-order valence-electron chi connectivity index (χ2n) is 4.43. The molecule has 1 aliphatic rings. The van der Waals surface area contributed by atoms with E-state index in [-0.39, 0.29) is 17.0 Å². The molecule has 94 valence electrons. The number of carboxylic acids is 1. The minimum Gasteiger partial charge on any atom is -0.480 e. The number of nitrogens with one attached hydrogen (secondary N) is 1. The van der Waals surface area contributed by atoms with E-state index in [2.05, 4.69) is 9.82 Å². The molecule has 1 aromatic rings. The Morgan fingerprint density at radius 2 is 2.29 bits per heavy atom. The molecule has 1 aromatic heterocycles. The van der Waals surface area contributed by atoms with Crippen LogP contribution in [0.1, 0.15) is 19.8 Å². The molecule has 8 heteroatoms. The standard InChI is InChI=1S/C9H13N3O4S/c1-9(2-3-9)11-17(15,16)7-4-10-12(5-7)6-8(13)14/h4-5,11H,2-3,6H2,1H3,(H,13,14). The molecular formula is C9H13N3O4S. The van der Waals surface area contributed by atoms with Gasteiger partial charge in [0.2, 0.25) is 10.0 Å². The lowest BCUT2D eigenvalue weighted by molar-refractivity contribution is -0.137. The van der Waals surface area contributed by atoms with Gasteiger partial charge in [-0.3, -0.25) is 9.48 Å². The first-order chi connectivity index (χ1) is 7.81. The lowest BCUT2D eigenvalue weighted by Crippen LogP contribution is -2.34. The normalized spacial score (nSPS) is 17.9. The third kappa shape index (κ3) is 2.83. The topological polar surface area (TPSA) is 101 Å². The Bertz CT molecular complexity index is 544. The zero-order valence-corrected chi connectivity index (χ0v) is 10.1. The molecular weight excluding hydrogens is 246 g/mol. The van der Waals surface area contributed by atoms with E-state index in [0.29, 0.717) is 0 Å². The van der Waals surface area contributed by atoms with Gasteiger partial charge in [0.05, 0.1) is 6.20 Å². The Morgan fingerprint density at radius 1 is 1.65 bits per heavy atom. The zero-order chi connectivity index (χ0) is 12.7. The third-order valence-corrected chi connectivity index (χ3v) is 4.19. The van der Waals surface area contributed by atoms with Crippen LogP contribution in [0.3, 0.4) is 0 Å². The smallest absolute Gasteiger partial charge is 0.325 e. The maximum atomic E-state index is 11.9. The van der Waals surface area contributed by atoms with Gasteiger partial charge in [0, 0.05) is 11.7 Å². The summed E-state index contributed by atoms with van der Waals surface area (Å²) in [5.41, 5.74) is -0.353. The molecule has 7 nitrogen and oxygen atoms in total. The molecule has 0 radical (unpaired) electrons. The van der Waals surface area contributed by atoms with Crippen LogP contribution < -0.4 is 4.72 Å². The molecule has 2 N–H and O–H groups in total. The SMILES string of the molecule is CC1(NS(=O)(=O)c2cnn(CC(=O)O)c2)CC1.